The second-order valence-electron chi connectivity index (χ2n) is 4.57. The molecule has 0 aliphatic rings. The third-order valence-corrected chi connectivity index (χ3v) is 3.03. The van der Waals surface area contributed by atoms with Crippen molar-refractivity contribution in [2.45, 2.75) is 13.2 Å². The molecule has 0 atom stereocenters. The van der Waals surface area contributed by atoms with Gasteiger partial charge in [-0.25, -0.2) is 0 Å². The molecule has 4 N–H and O–H groups in total. The van der Waals surface area contributed by atoms with Crippen LogP contribution in [0, 0.1) is 0 Å². The monoisotopic (exact) mass is 286 g/mol. The molecular weight excluding hydrogens is 268 g/mol. The SMILES string of the molecule is COc1cc(COc2cccc(CN)c2)cc(C(N)=O)c1. The fourth-order valence-electron chi connectivity index (χ4n) is 1.93. The summed E-state index contributed by atoms with van der Waals surface area (Å²) in [5, 5.41) is 0. The molecule has 0 saturated heterocycles. The summed E-state index contributed by atoms with van der Waals surface area (Å²) in [6, 6.07) is 12.7. The van der Waals surface area contributed by atoms with E-state index >= 15 is 0 Å². The van der Waals surface area contributed by atoms with Crippen LogP contribution in [0.15, 0.2) is 42.5 Å². The Balaban J connectivity index is 2.15. The topological polar surface area (TPSA) is 87.6 Å². The van der Waals surface area contributed by atoms with E-state index in [0.717, 1.165) is 16.9 Å². The maximum atomic E-state index is 11.3. The van der Waals surface area contributed by atoms with Crippen LogP contribution in [0.4, 0.5) is 0 Å². The number of amides is 1. The number of primary amides is 1. The first kappa shape index (κ1) is 14.9. The first-order chi connectivity index (χ1) is 10.1. The Morgan fingerprint density at radius 3 is 2.52 bits per heavy atom. The summed E-state index contributed by atoms with van der Waals surface area (Å²) in [7, 11) is 1.54. The van der Waals surface area contributed by atoms with E-state index in [4.69, 9.17) is 20.9 Å². The molecule has 2 rings (SSSR count). The van der Waals surface area contributed by atoms with Gasteiger partial charge in [-0.3, -0.25) is 4.79 Å². The third-order valence-electron chi connectivity index (χ3n) is 3.03. The quantitative estimate of drug-likeness (QED) is 0.848. The molecule has 5 nitrogen and oxygen atoms in total. The normalized spacial score (nSPS) is 10.2. The molecule has 110 valence electrons. The van der Waals surface area contributed by atoms with E-state index < -0.39 is 5.91 Å². The Bertz CT molecular complexity index is 641. The molecule has 1 amide bonds. The van der Waals surface area contributed by atoms with Crippen molar-refractivity contribution in [1.82, 2.24) is 0 Å². The lowest BCUT2D eigenvalue weighted by Crippen LogP contribution is -2.12. The van der Waals surface area contributed by atoms with Crippen LogP contribution in [-0.4, -0.2) is 13.0 Å². The molecule has 21 heavy (non-hydrogen) atoms. The number of rotatable bonds is 6. The second-order valence-corrected chi connectivity index (χ2v) is 4.57. The van der Waals surface area contributed by atoms with Crippen molar-refractivity contribution >= 4 is 5.91 Å². The highest BCUT2D eigenvalue weighted by Gasteiger charge is 2.07. The van der Waals surface area contributed by atoms with Crippen molar-refractivity contribution in [2.75, 3.05) is 7.11 Å². The Hall–Kier alpha value is -2.53. The number of hydrogen-bond acceptors (Lipinski definition) is 4. The predicted octanol–water partition coefficient (Wildman–Crippen LogP) is 1.83. The van der Waals surface area contributed by atoms with Crippen LogP contribution in [0.1, 0.15) is 21.5 Å². The number of carbonyl (C=O) groups is 1. The molecule has 0 heterocycles. The standard InChI is InChI=1S/C16H18N2O3/c1-20-15-7-12(5-13(8-15)16(18)19)10-21-14-4-2-3-11(6-14)9-17/h2-8H,9-10,17H2,1H3,(H2,18,19). The molecular formula is C16H18N2O3. The molecule has 0 aromatic heterocycles. The van der Waals surface area contributed by atoms with Crippen LogP contribution in [0.3, 0.4) is 0 Å². The van der Waals surface area contributed by atoms with Crippen LogP contribution in [-0.2, 0) is 13.2 Å². The summed E-state index contributed by atoms with van der Waals surface area (Å²) in [5.41, 5.74) is 13.1. The number of ether oxygens (including phenoxy) is 2. The molecule has 0 unspecified atom stereocenters. The van der Waals surface area contributed by atoms with Gasteiger partial charge in [-0.05, 0) is 41.5 Å². The number of hydrogen-bond donors (Lipinski definition) is 2. The minimum absolute atomic E-state index is 0.311. The molecule has 2 aromatic carbocycles. The van der Waals surface area contributed by atoms with Gasteiger partial charge in [0.05, 0.1) is 7.11 Å². The molecule has 0 spiro atoms. The van der Waals surface area contributed by atoms with Crippen LogP contribution >= 0.6 is 0 Å². The van der Waals surface area contributed by atoms with Gasteiger partial charge in [-0.1, -0.05) is 12.1 Å². The summed E-state index contributed by atoms with van der Waals surface area (Å²) in [5.74, 6) is 0.794. The minimum Gasteiger partial charge on any atom is -0.497 e. The summed E-state index contributed by atoms with van der Waals surface area (Å²) in [6.45, 7) is 0.772. The molecule has 0 bridgehead atoms. The van der Waals surface area contributed by atoms with Gasteiger partial charge in [0.2, 0.25) is 5.91 Å². The summed E-state index contributed by atoms with van der Waals surface area (Å²) in [4.78, 5) is 11.3. The predicted molar refractivity (Wildman–Crippen MR) is 80.2 cm³/mol. The summed E-state index contributed by atoms with van der Waals surface area (Å²) < 4.78 is 10.9. The van der Waals surface area contributed by atoms with E-state index in [9.17, 15) is 4.79 Å². The van der Waals surface area contributed by atoms with Crippen molar-refractivity contribution in [2.24, 2.45) is 11.5 Å². The van der Waals surface area contributed by atoms with Crippen LogP contribution in [0.25, 0.3) is 0 Å². The van der Waals surface area contributed by atoms with Gasteiger partial charge >= 0.3 is 0 Å². The Morgan fingerprint density at radius 1 is 1.10 bits per heavy atom. The Morgan fingerprint density at radius 2 is 1.86 bits per heavy atom. The maximum Gasteiger partial charge on any atom is 0.248 e. The van der Waals surface area contributed by atoms with E-state index in [1.807, 2.05) is 24.3 Å². The van der Waals surface area contributed by atoms with Crippen molar-refractivity contribution in [1.29, 1.82) is 0 Å². The third kappa shape index (κ3) is 3.97. The zero-order valence-electron chi connectivity index (χ0n) is 11.8. The fourth-order valence-corrected chi connectivity index (χ4v) is 1.93. The van der Waals surface area contributed by atoms with Gasteiger partial charge in [0.1, 0.15) is 18.1 Å². The Kier molecular flexibility index (Phi) is 4.79. The van der Waals surface area contributed by atoms with Crippen molar-refractivity contribution in [3.8, 4) is 11.5 Å². The lowest BCUT2D eigenvalue weighted by Gasteiger charge is -2.10. The highest BCUT2D eigenvalue weighted by atomic mass is 16.5. The lowest BCUT2D eigenvalue weighted by molar-refractivity contribution is 0.1000. The van der Waals surface area contributed by atoms with Gasteiger partial charge in [-0.2, -0.15) is 0 Å². The average Bonchev–Trinajstić information content (AvgIpc) is 2.52. The van der Waals surface area contributed by atoms with Gasteiger partial charge in [0, 0.05) is 12.1 Å². The van der Waals surface area contributed by atoms with E-state index in [2.05, 4.69) is 0 Å². The second kappa shape index (κ2) is 6.76. The zero-order chi connectivity index (χ0) is 15.2. The molecule has 0 saturated carbocycles. The van der Waals surface area contributed by atoms with E-state index in [-0.39, 0.29) is 0 Å². The van der Waals surface area contributed by atoms with Gasteiger partial charge < -0.3 is 20.9 Å². The first-order valence-corrected chi connectivity index (χ1v) is 6.52. The van der Waals surface area contributed by atoms with E-state index in [0.29, 0.717) is 24.5 Å². The van der Waals surface area contributed by atoms with Crippen LogP contribution in [0.2, 0.25) is 0 Å². The van der Waals surface area contributed by atoms with Gasteiger partial charge in [0.25, 0.3) is 0 Å². The minimum atomic E-state index is -0.500. The van der Waals surface area contributed by atoms with Gasteiger partial charge in [0.15, 0.2) is 0 Å². The zero-order valence-corrected chi connectivity index (χ0v) is 11.8. The number of carbonyl (C=O) groups excluding carboxylic acids is 1. The largest absolute Gasteiger partial charge is 0.497 e. The van der Waals surface area contributed by atoms with Crippen molar-refractivity contribution in [3.63, 3.8) is 0 Å². The molecule has 0 aliphatic heterocycles. The smallest absolute Gasteiger partial charge is 0.248 e. The molecule has 0 radical (unpaired) electrons. The number of nitrogens with two attached hydrogens (primary N) is 2. The molecule has 0 fully saturated rings. The Labute approximate surface area is 123 Å². The number of benzene rings is 2. The fraction of sp³-hybridized carbons (Fsp3) is 0.188. The summed E-state index contributed by atoms with van der Waals surface area (Å²) in [6.07, 6.45) is 0. The molecule has 0 aliphatic carbocycles. The van der Waals surface area contributed by atoms with Crippen molar-refractivity contribution in [3.05, 3.63) is 59.2 Å². The van der Waals surface area contributed by atoms with Crippen molar-refractivity contribution < 1.29 is 14.3 Å². The van der Waals surface area contributed by atoms with E-state index in [1.165, 1.54) is 7.11 Å². The first-order valence-electron chi connectivity index (χ1n) is 6.52. The molecule has 5 heteroatoms. The summed E-state index contributed by atoms with van der Waals surface area (Å²) >= 11 is 0. The van der Waals surface area contributed by atoms with Gasteiger partial charge in [-0.15, -0.1) is 0 Å². The lowest BCUT2D eigenvalue weighted by atomic mass is 10.1. The average molecular weight is 286 g/mol. The van der Waals surface area contributed by atoms with Crippen LogP contribution < -0.4 is 20.9 Å². The number of methoxy groups -OCH3 is 1. The van der Waals surface area contributed by atoms with Crippen LogP contribution in [0.5, 0.6) is 11.5 Å². The highest BCUT2D eigenvalue weighted by molar-refractivity contribution is 5.93. The molecule has 2 aromatic rings. The highest BCUT2D eigenvalue weighted by Crippen LogP contribution is 2.19. The van der Waals surface area contributed by atoms with E-state index in [1.54, 1.807) is 18.2 Å². The maximum absolute atomic E-state index is 11.3.